The zero-order valence-electron chi connectivity index (χ0n) is 9.82. The number of rotatable bonds is 7. The summed E-state index contributed by atoms with van der Waals surface area (Å²) in [6.07, 6.45) is 6.26. The quantitative estimate of drug-likeness (QED) is 0.738. The molecule has 0 N–H and O–H groups in total. The van der Waals surface area contributed by atoms with Crippen LogP contribution in [0.25, 0.3) is 0 Å². The van der Waals surface area contributed by atoms with E-state index >= 15 is 0 Å². The fraction of sp³-hybridized carbons (Fsp3) is 0.727. The molecule has 0 saturated heterocycles. The molecule has 5 heteroatoms. The lowest BCUT2D eigenvalue weighted by molar-refractivity contribution is 0.224. The SMILES string of the molecule is CCCCC(CC)COc1cnnc(Cl)n1. The Morgan fingerprint density at radius 3 is 2.88 bits per heavy atom. The summed E-state index contributed by atoms with van der Waals surface area (Å²) in [5.41, 5.74) is 0. The largest absolute Gasteiger partial charge is 0.476 e. The van der Waals surface area contributed by atoms with Gasteiger partial charge in [-0.05, 0) is 23.9 Å². The maximum Gasteiger partial charge on any atom is 0.246 e. The molecule has 0 radical (unpaired) electrons. The molecule has 1 heterocycles. The highest BCUT2D eigenvalue weighted by Gasteiger charge is 2.07. The third-order valence-corrected chi connectivity index (χ3v) is 2.68. The summed E-state index contributed by atoms with van der Waals surface area (Å²) in [5, 5.41) is 7.37. The van der Waals surface area contributed by atoms with Gasteiger partial charge in [0.15, 0.2) is 0 Å². The second kappa shape index (κ2) is 7.39. The maximum absolute atomic E-state index is 5.61. The summed E-state index contributed by atoms with van der Waals surface area (Å²) in [5.74, 6) is 1.03. The van der Waals surface area contributed by atoms with E-state index in [1.54, 1.807) is 0 Å². The predicted molar refractivity (Wildman–Crippen MR) is 63.6 cm³/mol. The van der Waals surface area contributed by atoms with Gasteiger partial charge in [0.2, 0.25) is 11.2 Å². The number of halogens is 1. The van der Waals surface area contributed by atoms with Crippen LogP contribution in [0, 0.1) is 5.92 Å². The van der Waals surface area contributed by atoms with E-state index in [1.807, 2.05) is 0 Å². The molecule has 1 atom stereocenters. The van der Waals surface area contributed by atoms with Crippen LogP contribution in [0.4, 0.5) is 0 Å². The molecule has 0 aliphatic heterocycles. The lowest BCUT2D eigenvalue weighted by Crippen LogP contribution is -2.12. The number of unbranched alkanes of at least 4 members (excludes halogenated alkanes) is 1. The number of hydrogen-bond acceptors (Lipinski definition) is 4. The van der Waals surface area contributed by atoms with Crippen LogP contribution >= 0.6 is 11.6 Å². The van der Waals surface area contributed by atoms with E-state index in [9.17, 15) is 0 Å². The van der Waals surface area contributed by atoms with Crippen LogP contribution in [0.1, 0.15) is 39.5 Å². The molecule has 0 aliphatic rings. The Morgan fingerprint density at radius 2 is 2.25 bits per heavy atom. The molecule has 0 aromatic carbocycles. The van der Waals surface area contributed by atoms with Gasteiger partial charge in [-0.25, -0.2) is 0 Å². The van der Waals surface area contributed by atoms with Gasteiger partial charge in [0, 0.05) is 0 Å². The van der Waals surface area contributed by atoms with Gasteiger partial charge in [-0.1, -0.05) is 33.1 Å². The third kappa shape index (κ3) is 4.75. The number of nitrogens with zero attached hydrogens (tertiary/aromatic N) is 3. The first-order chi connectivity index (χ1) is 7.76. The number of hydrogen-bond donors (Lipinski definition) is 0. The molecule has 0 saturated carbocycles. The van der Waals surface area contributed by atoms with Gasteiger partial charge in [-0.2, -0.15) is 10.1 Å². The normalized spacial score (nSPS) is 12.4. The minimum atomic E-state index is 0.124. The Kier molecular flexibility index (Phi) is 6.08. The lowest BCUT2D eigenvalue weighted by atomic mass is 10.0. The molecule has 1 rings (SSSR count). The standard InChI is InChI=1S/C11H18ClN3O/c1-3-5-6-9(4-2)8-16-10-7-13-15-11(12)14-10/h7,9H,3-6,8H2,1-2H3. The van der Waals surface area contributed by atoms with Crippen molar-refractivity contribution in [3.05, 3.63) is 11.5 Å². The third-order valence-electron chi connectivity index (χ3n) is 2.52. The van der Waals surface area contributed by atoms with Gasteiger partial charge < -0.3 is 4.74 Å². The van der Waals surface area contributed by atoms with E-state index in [4.69, 9.17) is 16.3 Å². The molecule has 0 fully saturated rings. The van der Waals surface area contributed by atoms with Crippen LogP contribution in [0.2, 0.25) is 5.28 Å². The summed E-state index contributed by atoms with van der Waals surface area (Å²) in [6.45, 7) is 5.04. The van der Waals surface area contributed by atoms with Crippen molar-refractivity contribution >= 4 is 11.6 Å². The van der Waals surface area contributed by atoms with Crippen LogP contribution in [0.5, 0.6) is 5.88 Å². The van der Waals surface area contributed by atoms with E-state index in [0.717, 1.165) is 6.42 Å². The van der Waals surface area contributed by atoms with Gasteiger partial charge in [0.25, 0.3) is 0 Å². The van der Waals surface area contributed by atoms with E-state index in [-0.39, 0.29) is 5.28 Å². The summed E-state index contributed by atoms with van der Waals surface area (Å²) in [4.78, 5) is 3.93. The molecule has 1 unspecified atom stereocenters. The Labute approximate surface area is 101 Å². The Balaban J connectivity index is 2.37. The lowest BCUT2D eigenvalue weighted by Gasteiger charge is -2.14. The van der Waals surface area contributed by atoms with Crippen LogP contribution < -0.4 is 4.74 Å². The molecule has 0 bridgehead atoms. The average Bonchev–Trinajstić information content (AvgIpc) is 2.29. The molecule has 0 spiro atoms. The number of aromatic nitrogens is 3. The van der Waals surface area contributed by atoms with Gasteiger partial charge in [-0.15, -0.1) is 5.10 Å². The van der Waals surface area contributed by atoms with Crippen molar-refractivity contribution in [1.82, 2.24) is 15.2 Å². The summed E-state index contributed by atoms with van der Waals surface area (Å²) in [6, 6.07) is 0. The summed E-state index contributed by atoms with van der Waals surface area (Å²) >= 11 is 5.61. The minimum absolute atomic E-state index is 0.124. The molecule has 0 amide bonds. The second-order valence-electron chi connectivity index (χ2n) is 3.79. The predicted octanol–water partition coefficient (Wildman–Crippen LogP) is 3.12. The molecule has 1 aromatic rings. The molecule has 90 valence electrons. The highest BCUT2D eigenvalue weighted by molar-refractivity contribution is 6.28. The van der Waals surface area contributed by atoms with E-state index in [2.05, 4.69) is 29.0 Å². The Morgan fingerprint density at radius 1 is 1.44 bits per heavy atom. The van der Waals surface area contributed by atoms with Crippen molar-refractivity contribution in [1.29, 1.82) is 0 Å². The van der Waals surface area contributed by atoms with Gasteiger partial charge in [0.1, 0.15) is 6.20 Å². The molecular weight excluding hydrogens is 226 g/mol. The average molecular weight is 244 g/mol. The zero-order chi connectivity index (χ0) is 11.8. The van der Waals surface area contributed by atoms with E-state index in [0.29, 0.717) is 18.4 Å². The molecule has 1 aromatic heterocycles. The fourth-order valence-electron chi connectivity index (χ4n) is 1.44. The van der Waals surface area contributed by atoms with Crippen LogP contribution in [-0.4, -0.2) is 21.8 Å². The van der Waals surface area contributed by atoms with Gasteiger partial charge in [-0.3, -0.25) is 0 Å². The van der Waals surface area contributed by atoms with Crippen molar-refractivity contribution in [2.45, 2.75) is 39.5 Å². The second-order valence-corrected chi connectivity index (χ2v) is 4.13. The molecule has 0 aliphatic carbocycles. The van der Waals surface area contributed by atoms with Crippen molar-refractivity contribution in [2.75, 3.05) is 6.61 Å². The first kappa shape index (κ1) is 13.2. The molecule has 4 nitrogen and oxygen atoms in total. The Hall–Kier alpha value is -0.900. The smallest absolute Gasteiger partial charge is 0.246 e. The summed E-state index contributed by atoms with van der Waals surface area (Å²) in [7, 11) is 0. The van der Waals surface area contributed by atoms with Crippen molar-refractivity contribution in [3.63, 3.8) is 0 Å². The van der Waals surface area contributed by atoms with Gasteiger partial charge in [0.05, 0.1) is 6.61 Å². The van der Waals surface area contributed by atoms with Crippen LogP contribution in [0.15, 0.2) is 6.20 Å². The fourth-order valence-corrected chi connectivity index (χ4v) is 1.57. The van der Waals surface area contributed by atoms with E-state index < -0.39 is 0 Å². The zero-order valence-corrected chi connectivity index (χ0v) is 10.6. The van der Waals surface area contributed by atoms with Crippen LogP contribution in [0.3, 0.4) is 0 Å². The van der Waals surface area contributed by atoms with Crippen LogP contribution in [-0.2, 0) is 0 Å². The van der Waals surface area contributed by atoms with Crippen molar-refractivity contribution in [3.8, 4) is 5.88 Å². The topological polar surface area (TPSA) is 47.9 Å². The highest BCUT2D eigenvalue weighted by atomic mass is 35.5. The minimum Gasteiger partial charge on any atom is -0.476 e. The first-order valence-electron chi connectivity index (χ1n) is 5.74. The molecular formula is C11H18ClN3O. The summed E-state index contributed by atoms with van der Waals surface area (Å²) < 4.78 is 5.54. The Bertz CT molecular complexity index is 309. The monoisotopic (exact) mass is 243 g/mol. The van der Waals surface area contributed by atoms with Crippen molar-refractivity contribution in [2.24, 2.45) is 5.92 Å². The van der Waals surface area contributed by atoms with Gasteiger partial charge >= 0.3 is 0 Å². The maximum atomic E-state index is 5.61. The van der Waals surface area contributed by atoms with Crippen molar-refractivity contribution < 1.29 is 4.74 Å². The first-order valence-corrected chi connectivity index (χ1v) is 6.12. The van der Waals surface area contributed by atoms with E-state index in [1.165, 1.54) is 25.5 Å². The number of ether oxygens (including phenoxy) is 1. The highest BCUT2D eigenvalue weighted by Crippen LogP contribution is 2.15. The molecule has 16 heavy (non-hydrogen) atoms.